The lowest BCUT2D eigenvalue weighted by atomic mass is 10.3. The third-order valence-corrected chi connectivity index (χ3v) is 2.76. The van der Waals surface area contributed by atoms with Crippen LogP contribution in [0.1, 0.15) is 17.2 Å². The standard InChI is InChI=1S/C7H11N3O2S/c1-4-7(13(8,11)12)5(2)10-6(3)9-4/h1-3H3,(H2,8,11,12). The van der Waals surface area contributed by atoms with Crippen LogP contribution in [0.2, 0.25) is 0 Å². The van der Waals surface area contributed by atoms with Crippen LogP contribution in [0.3, 0.4) is 0 Å². The first-order valence-corrected chi connectivity index (χ1v) is 5.21. The van der Waals surface area contributed by atoms with Crippen LogP contribution in [0, 0.1) is 20.8 Å². The van der Waals surface area contributed by atoms with E-state index in [-0.39, 0.29) is 4.90 Å². The van der Waals surface area contributed by atoms with Gasteiger partial charge in [-0.05, 0) is 20.8 Å². The monoisotopic (exact) mass is 201 g/mol. The van der Waals surface area contributed by atoms with E-state index in [1.165, 1.54) is 0 Å². The zero-order valence-electron chi connectivity index (χ0n) is 7.70. The van der Waals surface area contributed by atoms with Crippen LogP contribution in [0.4, 0.5) is 0 Å². The number of hydrogen-bond donors (Lipinski definition) is 1. The normalized spacial score (nSPS) is 11.7. The van der Waals surface area contributed by atoms with Gasteiger partial charge in [0.25, 0.3) is 0 Å². The maximum atomic E-state index is 11.1. The molecule has 1 aromatic rings. The van der Waals surface area contributed by atoms with Gasteiger partial charge in [-0.15, -0.1) is 0 Å². The van der Waals surface area contributed by atoms with Gasteiger partial charge >= 0.3 is 0 Å². The van der Waals surface area contributed by atoms with E-state index in [4.69, 9.17) is 5.14 Å². The van der Waals surface area contributed by atoms with Crippen molar-refractivity contribution < 1.29 is 8.42 Å². The van der Waals surface area contributed by atoms with Gasteiger partial charge in [-0.25, -0.2) is 23.5 Å². The second kappa shape index (κ2) is 3.04. The van der Waals surface area contributed by atoms with Crippen molar-refractivity contribution >= 4 is 10.0 Å². The fourth-order valence-corrected chi connectivity index (χ4v) is 2.20. The number of primary sulfonamides is 1. The van der Waals surface area contributed by atoms with Crippen molar-refractivity contribution in [3.8, 4) is 0 Å². The van der Waals surface area contributed by atoms with E-state index in [2.05, 4.69) is 9.97 Å². The lowest BCUT2D eigenvalue weighted by molar-refractivity contribution is 0.594. The molecule has 0 amide bonds. The van der Waals surface area contributed by atoms with Crippen molar-refractivity contribution in [2.75, 3.05) is 0 Å². The maximum Gasteiger partial charge on any atom is 0.241 e. The van der Waals surface area contributed by atoms with Gasteiger partial charge in [0.05, 0.1) is 11.4 Å². The third kappa shape index (κ3) is 2.02. The molecule has 0 aliphatic heterocycles. The molecule has 0 unspecified atom stereocenters. The summed E-state index contributed by atoms with van der Waals surface area (Å²) in [5, 5.41) is 5.00. The molecular weight excluding hydrogens is 190 g/mol. The number of nitrogens with two attached hydrogens (primary N) is 1. The molecule has 0 aliphatic rings. The molecule has 0 fully saturated rings. The van der Waals surface area contributed by atoms with E-state index >= 15 is 0 Å². The molecule has 13 heavy (non-hydrogen) atoms. The summed E-state index contributed by atoms with van der Waals surface area (Å²) >= 11 is 0. The first-order valence-electron chi connectivity index (χ1n) is 3.67. The van der Waals surface area contributed by atoms with Gasteiger partial charge in [0.1, 0.15) is 10.7 Å². The molecule has 0 spiro atoms. The average molecular weight is 201 g/mol. The summed E-state index contributed by atoms with van der Waals surface area (Å²) in [6.07, 6.45) is 0. The first kappa shape index (κ1) is 10.1. The molecule has 6 heteroatoms. The number of hydrogen-bond acceptors (Lipinski definition) is 4. The lowest BCUT2D eigenvalue weighted by Crippen LogP contribution is -2.17. The van der Waals surface area contributed by atoms with Gasteiger partial charge < -0.3 is 0 Å². The highest BCUT2D eigenvalue weighted by molar-refractivity contribution is 7.89. The average Bonchev–Trinajstić information content (AvgIpc) is 1.78. The third-order valence-electron chi connectivity index (χ3n) is 1.60. The number of nitrogens with zero attached hydrogens (tertiary/aromatic N) is 2. The first-order chi connectivity index (χ1) is 5.82. The van der Waals surface area contributed by atoms with Crippen LogP contribution in [-0.4, -0.2) is 18.4 Å². The Hall–Kier alpha value is -1.01. The van der Waals surface area contributed by atoms with E-state index in [1.807, 2.05) is 0 Å². The highest BCUT2D eigenvalue weighted by Crippen LogP contribution is 2.14. The quantitative estimate of drug-likeness (QED) is 0.695. The van der Waals surface area contributed by atoms with Crippen molar-refractivity contribution in [1.29, 1.82) is 0 Å². The summed E-state index contributed by atoms with van der Waals surface area (Å²) in [5.41, 5.74) is 0.792. The lowest BCUT2D eigenvalue weighted by Gasteiger charge is -2.06. The zero-order chi connectivity index (χ0) is 10.2. The van der Waals surface area contributed by atoms with E-state index in [9.17, 15) is 8.42 Å². The summed E-state index contributed by atoms with van der Waals surface area (Å²) in [7, 11) is -3.71. The van der Waals surface area contributed by atoms with Crippen LogP contribution in [-0.2, 0) is 10.0 Å². The molecule has 0 bridgehead atoms. The molecule has 0 saturated carbocycles. The number of sulfonamides is 1. The summed E-state index contributed by atoms with van der Waals surface area (Å²) in [6.45, 7) is 4.90. The molecule has 0 atom stereocenters. The number of aryl methyl sites for hydroxylation is 3. The molecule has 0 aromatic carbocycles. The van der Waals surface area contributed by atoms with Crippen molar-refractivity contribution in [3.63, 3.8) is 0 Å². The van der Waals surface area contributed by atoms with Gasteiger partial charge in [-0.1, -0.05) is 0 Å². The minimum Gasteiger partial charge on any atom is -0.237 e. The minimum absolute atomic E-state index is 0.0260. The molecule has 2 N–H and O–H groups in total. The maximum absolute atomic E-state index is 11.1. The molecule has 72 valence electrons. The molecule has 5 nitrogen and oxygen atoms in total. The molecule has 1 heterocycles. The Kier molecular flexibility index (Phi) is 2.36. The topological polar surface area (TPSA) is 85.9 Å². The Morgan fingerprint density at radius 2 is 1.46 bits per heavy atom. The molecule has 1 rings (SSSR count). The van der Waals surface area contributed by atoms with Gasteiger partial charge in [0.15, 0.2) is 0 Å². The van der Waals surface area contributed by atoms with Crippen molar-refractivity contribution in [1.82, 2.24) is 9.97 Å². The fraction of sp³-hybridized carbons (Fsp3) is 0.429. The van der Waals surface area contributed by atoms with Crippen molar-refractivity contribution in [2.45, 2.75) is 25.7 Å². The predicted octanol–water partition coefficient (Wildman–Crippen LogP) is 0.0493. The van der Waals surface area contributed by atoms with E-state index in [0.717, 1.165) is 0 Å². The molecule has 0 aliphatic carbocycles. The summed E-state index contributed by atoms with van der Waals surface area (Å²) in [6, 6.07) is 0. The Balaban J connectivity index is 3.57. The van der Waals surface area contributed by atoms with E-state index in [1.54, 1.807) is 20.8 Å². The van der Waals surface area contributed by atoms with Gasteiger partial charge in [-0.3, -0.25) is 0 Å². The Labute approximate surface area is 77.1 Å². The smallest absolute Gasteiger partial charge is 0.237 e. The highest BCUT2D eigenvalue weighted by Gasteiger charge is 2.17. The summed E-state index contributed by atoms with van der Waals surface area (Å²) in [4.78, 5) is 7.89. The SMILES string of the molecule is Cc1nc(C)c(S(N)(=O)=O)c(C)n1. The fourth-order valence-electron chi connectivity index (χ4n) is 1.29. The summed E-state index contributed by atoms with van der Waals surface area (Å²) in [5.74, 6) is 0.544. The van der Waals surface area contributed by atoms with Gasteiger partial charge in [0, 0.05) is 0 Å². The number of rotatable bonds is 1. The minimum atomic E-state index is -3.71. The molecule has 1 aromatic heterocycles. The molecule has 0 saturated heterocycles. The van der Waals surface area contributed by atoms with Crippen LogP contribution in [0.25, 0.3) is 0 Å². The highest BCUT2D eigenvalue weighted by atomic mass is 32.2. The van der Waals surface area contributed by atoms with E-state index < -0.39 is 10.0 Å². The molecule has 0 radical (unpaired) electrons. The van der Waals surface area contributed by atoms with Crippen LogP contribution >= 0.6 is 0 Å². The van der Waals surface area contributed by atoms with Crippen LogP contribution in [0.15, 0.2) is 4.90 Å². The predicted molar refractivity (Wildman–Crippen MR) is 47.6 cm³/mol. The second-order valence-corrected chi connectivity index (χ2v) is 4.31. The van der Waals surface area contributed by atoms with Crippen molar-refractivity contribution in [3.05, 3.63) is 17.2 Å². The Bertz CT molecular complexity index is 416. The van der Waals surface area contributed by atoms with E-state index in [0.29, 0.717) is 17.2 Å². The van der Waals surface area contributed by atoms with Gasteiger partial charge in [0.2, 0.25) is 10.0 Å². The number of aromatic nitrogens is 2. The Morgan fingerprint density at radius 1 is 1.08 bits per heavy atom. The zero-order valence-corrected chi connectivity index (χ0v) is 8.51. The largest absolute Gasteiger partial charge is 0.241 e. The van der Waals surface area contributed by atoms with Gasteiger partial charge in [-0.2, -0.15) is 0 Å². The van der Waals surface area contributed by atoms with Crippen LogP contribution in [0.5, 0.6) is 0 Å². The summed E-state index contributed by atoms with van der Waals surface area (Å²) < 4.78 is 22.2. The Morgan fingerprint density at radius 3 is 1.77 bits per heavy atom. The second-order valence-electron chi connectivity index (χ2n) is 2.82. The van der Waals surface area contributed by atoms with Crippen molar-refractivity contribution in [2.24, 2.45) is 5.14 Å². The van der Waals surface area contributed by atoms with Crippen LogP contribution < -0.4 is 5.14 Å². The molecular formula is C7H11N3O2S.